The Morgan fingerprint density at radius 2 is 1.05 bits per heavy atom. The summed E-state index contributed by atoms with van der Waals surface area (Å²) in [6.45, 7) is 4.69. The van der Waals surface area contributed by atoms with E-state index in [9.17, 15) is 0 Å². The summed E-state index contributed by atoms with van der Waals surface area (Å²) in [5.74, 6) is 1.80. The van der Waals surface area contributed by atoms with E-state index in [0.717, 1.165) is 59.8 Å². The normalized spacial score (nSPS) is 13.0. The molecule has 0 spiro atoms. The van der Waals surface area contributed by atoms with Crippen molar-refractivity contribution in [2.75, 3.05) is 0 Å². The molecule has 0 unspecified atom stereocenters. The molecule has 3 aromatic heterocycles. The molecule has 0 atom stereocenters. The first-order valence-corrected chi connectivity index (χ1v) is 22.2. The monoisotopic (exact) mass is 823 g/mol. The van der Waals surface area contributed by atoms with Gasteiger partial charge < -0.3 is 4.42 Å². The number of hydrogen-bond acceptors (Lipinski definition) is 5. The summed E-state index contributed by atoms with van der Waals surface area (Å²) < 4.78 is 8.94. The van der Waals surface area contributed by atoms with Crippen LogP contribution in [0.3, 0.4) is 0 Å². The summed E-state index contributed by atoms with van der Waals surface area (Å²) in [7, 11) is 0. The van der Waals surface area contributed by atoms with Crippen LogP contribution in [0.2, 0.25) is 0 Å². The third-order valence-corrected chi connectivity index (χ3v) is 14.4. The number of benzene rings is 9. The van der Waals surface area contributed by atoms with Gasteiger partial charge in [-0.25, -0.2) is 15.0 Å². The van der Waals surface area contributed by atoms with Crippen molar-refractivity contribution in [2.45, 2.75) is 19.3 Å². The van der Waals surface area contributed by atoms with Crippen LogP contribution < -0.4 is 0 Å². The van der Waals surface area contributed by atoms with Crippen LogP contribution in [0.15, 0.2) is 192 Å². The largest absolute Gasteiger partial charge is 0.455 e. The van der Waals surface area contributed by atoms with Gasteiger partial charge in [0.15, 0.2) is 17.5 Å². The van der Waals surface area contributed by atoms with Crippen molar-refractivity contribution >= 4 is 64.2 Å². The second-order valence-corrected chi connectivity index (χ2v) is 18.1. The number of nitrogens with zero attached hydrogens (tertiary/aromatic N) is 3. The molecule has 0 N–H and O–H groups in total. The molecule has 296 valence electrons. The highest BCUT2D eigenvalue weighted by Crippen LogP contribution is 2.53. The van der Waals surface area contributed by atoms with Gasteiger partial charge >= 0.3 is 0 Å². The number of para-hydroxylation sites is 2. The van der Waals surface area contributed by atoms with Crippen LogP contribution in [0, 0.1) is 0 Å². The summed E-state index contributed by atoms with van der Waals surface area (Å²) in [5.41, 5.74) is 14.4. The molecule has 3 heterocycles. The van der Waals surface area contributed by atoms with Crippen LogP contribution in [0.4, 0.5) is 0 Å². The van der Waals surface area contributed by atoms with Gasteiger partial charge in [0.2, 0.25) is 0 Å². The zero-order valence-corrected chi connectivity index (χ0v) is 35.4. The number of rotatable bonds is 5. The molecule has 1 aliphatic carbocycles. The zero-order valence-electron chi connectivity index (χ0n) is 34.6. The summed E-state index contributed by atoms with van der Waals surface area (Å²) in [6.07, 6.45) is 0. The Kier molecular flexibility index (Phi) is 7.79. The minimum Gasteiger partial charge on any atom is -0.455 e. The lowest BCUT2D eigenvalue weighted by Gasteiger charge is -2.21. The van der Waals surface area contributed by atoms with Gasteiger partial charge in [-0.15, -0.1) is 11.3 Å². The van der Waals surface area contributed by atoms with E-state index in [-0.39, 0.29) is 5.41 Å². The van der Waals surface area contributed by atoms with Crippen LogP contribution in [-0.2, 0) is 5.41 Å². The van der Waals surface area contributed by atoms with Crippen molar-refractivity contribution in [3.63, 3.8) is 0 Å². The van der Waals surface area contributed by atoms with Crippen LogP contribution in [0.1, 0.15) is 25.0 Å². The summed E-state index contributed by atoms with van der Waals surface area (Å²) >= 11 is 1.81. The third kappa shape index (κ3) is 5.49. The highest BCUT2D eigenvalue weighted by Gasteiger charge is 2.36. The number of fused-ring (bicyclic) bond motifs is 11. The zero-order chi connectivity index (χ0) is 41.8. The van der Waals surface area contributed by atoms with E-state index in [1.165, 1.54) is 54.2 Å². The average Bonchev–Trinajstić information content (AvgIpc) is 3.99. The predicted octanol–water partition coefficient (Wildman–Crippen LogP) is 15.9. The second kappa shape index (κ2) is 13.6. The molecule has 0 saturated heterocycles. The summed E-state index contributed by atoms with van der Waals surface area (Å²) in [5, 5.41) is 6.89. The van der Waals surface area contributed by atoms with Crippen molar-refractivity contribution in [3.8, 4) is 67.5 Å². The molecule has 63 heavy (non-hydrogen) atoms. The van der Waals surface area contributed by atoms with Crippen LogP contribution in [-0.4, -0.2) is 15.0 Å². The second-order valence-electron chi connectivity index (χ2n) is 17.1. The Morgan fingerprint density at radius 3 is 1.92 bits per heavy atom. The molecule has 5 heteroatoms. The van der Waals surface area contributed by atoms with Crippen molar-refractivity contribution < 1.29 is 4.42 Å². The lowest BCUT2D eigenvalue weighted by atomic mass is 9.82. The maximum atomic E-state index is 6.57. The van der Waals surface area contributed by atoms with Gasteiger partial charge in [-0.1, -0.05) is 172 Å². The molecule has 12 aromatic rings. The first-order chi connectivity index (χ1) is 31.0. The fraction of sp³-hybridized carbons (Fsp3) is 0.0517. The topological polar surface area (TPSA) is 51.8 Å². The number of hydrogen-bond donors (Lipinski definition) is 0. The highest BCUT2D eigenvalue weighted by atomic mass is 32.1. The molecule has 9 aromatic carbocycles. The standard InChI is InChI=1S/C58H37N3OS/c1-58(2)47-23-10-8-19-43(47)51-39(20-13-24-48(51)58)38-30-31-50-45(32-38)52-40-17-7-6-16-37(40)33-46(54(52)63-50)57-60-55(36-28-26-35(27-29-36)34-14-4-3-5-15-34)59-56(61-57)44-22-12-21-42-41-18-9-11-25-49(41)62-53(42)44/h3-33H,1-2H3. The number of thiophene rings is 1. The van der Waals surface area contributed by atoms with Crippen LogP contribution in [0.25, 0.3) is 120 Å². The maximum absolute atomic E-state index is 6.57. The Bertz CT molecular complexity index is 3820. The summed E-state index contributed by atoms with van der Waals surface area (Å²) in [6, 6.07) is 67.1. The lowest BCUT2D eigenvalue weighted by Crippen LogP contribution is -2.14. The molecule has 4 nitrogen and oxygen atoms in total. The SMILES string of the molecule is CC1(C)c2ccccc2-c2c(-c3ccc4sc5c(-c6nc(-c7ccc(-c8ccccc8)cc7)nc(-c7cccc8c7oc7ccccc78)n6)cc6ccccc6c5c4c3)cccc21. The quantitative estimate of drug-likeness (QED) is 0.173. The van der Waals surface area contributed by atoms with Gasteiger partial charge in [-0.05, 0) is 85.6 Å². The third-order valence-electron chi connectivity index (χ3n) is 13.2. The van der Waals surface area contributed by atoms with E-state index in [0.29, 0.717) is 17.5 Å². The van der Waals surface area contributed by atoms with E-state index >= 15 is 0 Å². The molecular formula is C58H37N3OS. The number of furan rings is 1. The smallest absolute Gasteiger partial charge is 0.167 e. The predicted molar refractivity (Wildman–Crippen MR) is 262 cm³/mol. The van der Waals surface area contributed by atoms with Crippen LogP contribution in [0.5, 0.6) is 0 Å². The number of aromatic nitrogens is 3. The first kappa shape index (κ1) is 36.0. The Labute approximate surface area is 367 Å². The van der Waals surface area contributed by atoms with E-state index < -0.39 is 0 Å². The van der Waals surface area contributed by atoms with Gasteiger partial charge in [-0.3, -0.25) is 0 Å². The molecule has 0 aliphatic heterocycles. The Balaban J connectivity index is 1.05. The molecule has 0 bridgehead atoms. The maximum Gasteiger partial charge on any atom is 0.167 e. The molecule has 13 rings (SSSR count). The fourth-order valence-electron chi connectivity index (χ4n) is 10.1. The molecular weight excluding hydrogens is 787 g/mol. The van der Waals surface area contributed by atoms with Crippen molar-refractivity contribution in [1.29, 1.82) is 0 Å². The molecule has 0 radical (unpaired) electrons. The first-order valence-electron chi connectivity index (χ1n) is 21.4. The van der Waals surface area contributed by atoms with Crippen molar-refractivity contribution in [2.24, 2.45) is 0 Å². The van der Waals surface area contributed by atoms with E-state index in [1.54, 1.807) is 11.3 Å². The van der Waals surface area contributed by atoms with Crippen LogP contribution >= 0.6 is 11.3 Å². The van der Waals surface area contributed by atoms with Gasteiger partial charge in [0, 0.05) is 47.5 Å². The van der Waals surface area contributed by atoms with E-state index in [1.807, 2.05) is 24.3 Å². The molecule has 0 fully saturated rings. The minimum atomic E-state index is -0.0751. The van der Waals surface area contributed by atoms with E-state index in [4.69, 9.17) is 19.4 Å². The van der Waals surface area contributed by atoms with Crippen molar-refractivity contribution in [1.82, 2.24) is 15.0 Å². The van der Waals surface area contributed by atoms with Gasteiger partial charge in [0.05, 0.1) is 5.56 Å². The average molecular weight is 824 g/mol. The molecule has 1 aliphatic rings. The minimum absolute atomic E-state index is 0.0751. The van der Waals surface area contributed by atoms with Gasteiger partial charge in [0.1, 0.15) is 11.2 Å². The van der Waals surface area contributed by atoms with Gasteiger partial charge in [-0.2, -0.15) is 0 Å². The molecule has 0 amide bonds. The highest BCUT2D eigenvalue weighted by molar-refractivity contribution is 7.26. The van der Waals surface area contributed by atoms with E-state index in [2.05, 4.69) is 178 Å². The fourth-order valence-corrected chi connectivity index (χ4v) is 11.3. The summed E-state index contributed by atoms with van der Waals surface area (Å²) in [4.78, 5) is 15.9. The Hall–Kier alpha value is -7.73. The lowest BCUT2D eigenvalue weighted by molar-refractivity contribution is 0.660. The Morgan fingerprint density at radius 1 is 0.429 bits per heavy atom. The van der Waals surface area contributed by atoms with Gasteiger partial charge in [0.25, 0.3) is 0 Å². The molecule has 0 saturated carbocycles. The van der Waals surface area contributed by atoms with Crippen molar-refractivity contribution in [3.05, 3.63) is 199 Å².